The van der Waals surface area contributed by atoms with Gasteiger partial charge in [-0.15, -0.1) is 0 Å². The molecule has 4 aromatic carbocycles. The van der Waals surface area contributed by atoms with Crippen molar-refractivity contribution in [3.63, 3.8) is 0 Å². The molecule has 0 spiro atoms. The van der Waals surface area contributed by atoms with Crippen LogP contribution in [0.4, 0.5) is 0 Å². The molecule has 0 bridgehead atoms. The van der Waals surface area contributed by atoms with Gasteiger partial charge in [0.15, 0.2) is 13.2 Å². The Balaban J connectivity index is 0.000000317. The third-order valence-electron chi connectivity index (χ3n) is 8.91. The number of hydrogen-bond donors (Lipinski definition) is 4. The second-order valence-corrected chi connectivity index (χ2v) is 16.0. The fourth-order valence-corrected chi connectivity index (χ4v) is 7.11. The Morgan fingerprint density at radius 1 is 0.644 bits per heavy atom. The number of ether oxygens (including phenoxy) is 2. The quantitative estimate of drug-likeness (QED) is 0.114. The zero-order chi connectivity index (χ0) is 44.0. The summed E-state index contributed by atoms with van der Waals surface area (Å²) in [7, 11) is -3.91. The predicted octanol–water partition coefficient (Wildman–Crippen LogP) is 4.71. The number of aryl methyl sites for hydroxylation is 7. The van der Waals surface area contributed by atoms with Crippen molar-refractivity contribution < 1.29 is 51.8 Å². The Labute approximate surface area is 344 Å². The van der Waals surface area contributed by atoms with E-state index in [9.17, 15) is 37.2 Å². The Morgan fingerprint density at radius 3 is 1.54 bits per heavy atom. The lowest BCUT2D eigenvalue weighted by atomic mass is 10.00. The summed E-state index contributed by atoms with van der Waals surface area (Å²) in [5.74, 6) is -4.22. The zero-order valence-corrected chi connectivity index (χ0v) is 35.2. The summed E-state index contributed by atoms with van der Waals surface area (Å²) in [5.41, 5.74) is 7.85. The van der Waals surface area contributed by atoms with Crippen LogP contribution in [0.2, 0.25) is 0 Å². The van der Waals surface area contributed by atoms with Crippen molar-refractivity contribution >= 4 is 45.5 Å². The molecule has 0 aliphatic heterocycles. The molecule has 0 heterocycles. The molecule has 0 aliphatic carbocycles. The molecule has 0 saturated heterocycles. The summed E-state index contributed by atoms with van der Waals surface area (Å²) < 4.78 is 37.1. The van der Waals surface area contributed by atoms with E-state index in [0.717, 1.165) is 44.5 Å². The first kappa shape index (κ1) is 47.2. The molecule has 0 unspecified atom stereocenters. The molecule has 14 nitrogen and oxygen atoms in total. The monoisotopic (exact) mass is 829 g/mol. The van der Waals surface area contributed by atoms with Gasteiger partial charge in [-0.2, -0.15) is 0 Å². The number of ketones is 1. The van der Waals surface area contributed by atoms with Crippen molar-refractivity contribution in [1.82, 2.24) is 15.4 Å². The summed E-state index contributed by atoms with van der Waals surface area (Å²) in [5, 5.41) is 13.8. The third kappa shape index (κ3) is 14.6. The molecule has 0 aliphatic rings. The van der Waals surface area contributed by atoms with Crippen LogP contribution in [0.3, 0.4) is 0 Å². The van der Waals surface area contributed by atoms with Crippen LogP contribution in [-0.4, -0.2) is 80.9 Å². The minimum Gasteiger partial charge on any atom is -0.480 e. The average molecular weight is 830 g/mol. The van der Waals surface area contributed by atoms with Gasteiger partial charge in [0.1, 0.15) is 12.1 Å². The zero-order valence-electron chi connectivity index (χ0n) is 34.4. The molecule has 15 heteroatoms. The molecular weight excluding hydrogens is 779 g/mol. The highest BCUT2D eigenvalue weighted by atomic mass is 32.2. The van der Waals surface area contributed by atoms with E-state index in [0.29, 0.717) is 11.1 Å². The van der Waals surface area contributed by atoms with Crippen molar-refractivity contribution in [3.8, 4) is 0 Å². The molecule has 59 heavy (non-hydrogen) atoms. The van der Waals surface area contributed by atoms with E-state index in [-0.39, 0.29) is 11.3 Å². The van der Waals surface area contributed by atoms with Crippen LogP contribution >= 0.6 is 0 Å². The number of carbonyl (C=O) groups excluding carboxylic acids is 5. The normalized spacial score (nSPS) is 11.9. The lowest BCUT2D eigenvalue weighted by molar-refractivity contribution is -0.141. The van der Waals surface area contributed by atoms with Gasteiger partial charge in [-0.3, -0.25) is 19.2 Å². The van der Waals surface area contributed by atoms with Crippen LogP contribution in [0.1, 0.15) is 72.1 Å². The number of carboxylic acids is 1. The van der Waals surface area contributed by atoms with Crippen LogP contribution in [-0.2, 0) is 45.1 Å². The first-order valence-electron chi connectivity index (χ1n) is 18.6. The Bertz CT molecular complexity index is 2170. The number of esters is 2. The summed E-state index contributed by atoms with van der Waals surface area (Å²) in [4.78, 5) is 72.5. The highest BCUT2D eigenvalue weighted by Crippen LogP contribution is 2.19. The van der Waals surface area contributed by atoms with E-state index in [1.807, 2.05) is 72.7 Å². The predicted molar refractivity (Wildman–Crippen MR) is 221 cm³/mol. The second kappa shape index (κ2) is 21.5. The summed E-state index contributed by atoms with van der Waals surface area (Å²) in [6, 6.07) is 20.3. The van der Waals surface area contributed by atoms with Crippen molar-refractivity contribution in [2.75, 3.05) is 19.8 Å². The summed E-state index contributed by atoms with van der Waals surface area (Å²) >= 11 is 0. The van der Waals surface area contributed by atoms with Gasteiger partial charge in [0, 0.05) is 6.42 Å². The second-order valence-electron chi connectivity index (χ2n) is 14.3. The minimum absolute atomic E-state index is 0.0137. The largest absolute Gasteiger partial charge is 0.480 e. The lowest BCUT2D eigenvalue weighted by Gasteiger charge is -2.20. The number of amides is 2. The third-order valence-corrected chi connectivity index (χ3v) is 10.3. The average Bonchev–Trinajstić information content (AvgIpc) is 3.15. The molecule has 0 saturated carbocycles. The maximum Gasteiger partial charge on any atom is 0.339 e. The molecule has 0 fully saturated rings. The van der Waals surface area contributed by atoms with E-state index in [2.05, 4.69) is 15.4 Å². The van der Waals surface area contributed by atoms with Gasteiger partial charge in [-0.25, -0.2) is 22.7 Å². The van der Waals surface area contributed by atoms with Gasteiger partial charge in [0.25, 0.3) is 0 Å². The summed E-state index contributed by atoms with van der Waals surface area (Å²) in [6.07, 6.45) is 0.107. The highest BCUT2D eigenvalue weighted by Gasteiger charge is 2.26. The van der Waals surface area contributed by atoms with Gasteiger partial charge in [-0.05, 0) is 95.3 Å². The Morgan fingerprint density at radius 2 is 1.10 bits per heavy atom. The molecular formula is C44H51N3O11S. The first-order chi connectivity index (χ1) is 27.7. The van der Waals surface area contributed by atoms with E-state index in [4.69, 9.17) is 14.6 Å². The van der Waals surface area contributed by atoms with Gasteiger partial charge in [0.05, 0.1) is 22.6 Å². The van der Waals surface area contributed by atoms with Crippen LogP contribution in [0.15, 0.2) is 83.8 Å². The topological polar surface area (TPSA) is 211 Å². The van der Waals surface area contributed by atoms with Crippen LogP contribution < -0.4 is 15.4 Å². The van der Waals surface area contributed by atoms with Crippen molar-refractivity contribution in [2.24, 2.45) is 0 Å². The number of aliphatic carboxylic acids is 1. The van der Waals surface area contributed by atoms with Gasteiger partial charge >= 0.3 is 17.9 Å². The maximum atomic E-state index is 12.5. The minimum atomic E-state index is -3.91. The summed E-state index contributed by atoms with van der Waals surface area (Å²) in [6.45, 7) is 12.9. The molecule has 4 N–H and O–H groups in total. The van der Waals surface area contributed by atoms with Gasteiger partial charge in [0.2, 0.25) is 27.6 Å². The Kier molecular flexibility index (Phi) is 17.2. The van der Waals surface area contributed by atoms with Gasteiger partial charge < -0.3 is 25.2 Å². The van der Waals surface area contributed by atoms with Crippen LogP contribution in [0.25, 0.3) is 0 Å². The number of rotatable bonds is 16. The SMILES string of the molecule is Cc1cc(C)c(C(=O)OCC(=O)COC(=O)c2c(C)cc(C)cc2C)c(C)c1.Cc1ccc(S(=O)(=O)NCC(=O)N[C@@H](Cc2ccccc2)C(=O)N[C@@H](C)C(=O)O)cc1. The number of carbonyl (C=O) groups is 6. The highest BCUT2D eigenvalue weighted by molar-refractivity contribution is 7.89. The van der Waals surface area contributed by atoms with E-state index < -0.39 is 77.4 Å². The molecule has 0 radical (unpaired) electrons. The van der Waals surface area contributed by atoms with Crippen molar-refractivity contribution in [2.45, 2.75) is 78.8 Å². The smallest absolute Gasteiger partial charge is 0.339 e. The molecule has 4 rings (SSSR count). The maximum absolute atomic E-state index is 12.5. The number of Topliss-reactive ketones (excluding diaryl/α,β-unsaturated/α-hetero) is 1. The van der Waals surface area contributed by atoms with Crippen LogP contribution in [0, 0.1) is 48.5 Å². The lowest BCUT2D eigenvalue weighted by Crippen LogP contribution is -2.53. The number of sulfonamides is 1. The molecule has 2 atom stereocenters. The molecule has 0 aromatic heterocycles. The van der Waals surface area contributed by atoms with Crippen LogP contribution in [0.5, 0.6) is 0 Å². The Hall–Kier alpha value is -6.19. The number of nitrogens with one attached hydrogen (secondary N) is 3. The van der Waals surface area contributed by atoms with Crippen molar-refractivity contribution in [1.29, 1.82) is 0 Å². The van der Waals surface area contributed by atoms with E-state index >= 15 is 0 Å². The molecule has 2 amide bonds. The number of carboxylic acid groups (broad SMARTS) is 1. The fraction of sp³-hybridized carbons (Fsp3) is 0.318. The molecule has 4 aromatic rings. The van der Waals surface area contributed by atoms with E-state index in [1.165, 1.54) is 19.1 Å². The standard InChI is InChI=1S/C23H26O5.C21H25N3O6S/c1-13-7-15(3)20(16(4)8-13)22(25)27-11-19(24)12-28-23(26)21-17(5)9-14(2)10-18(21)6;1-14-8-10-17(11-9-14)31(29,30)22-13-19(25)24-18(12-16-6-4-3-5-7-16)20(26)23-15(2)21(27)28/h7-10H,11-12H2,1-6H3;3-11,15,18,22H,12-13H2,1-2H3,(H,23,26)(H,24,25)(H,27,28)/t;15-,18-/m.0/s1. The number of hydrogen-bond acceptors (Lipinski definition) is 10. The van der Waals surface area contributed by atoms with E-state index in [1.54, 1.807) is 42.5 Å². The molecule has 314 valence electrons. The van der Waals surface area contributed by atoms with Gasteiger partial charge in [-0.1, -0.05) is 83.4 Å². The van der Waals surface area contributed by atoms with Crippen molar-refractivity contribution in [3.05, 3.63) is 134 Å². The fourth-order valence-electron chi connectivity index (χ4n) is 6.12. The first-order valence-corrected chi connectivity index (χ1v) is 20.1. The number of benzene rings is 4.